The van der Waals surface area contributed by atoms with Gasteiger partial charge in [-0.3, -0.25) is 19.9 Å². The second kappa shape index (κ2) is 10.3. The number of amides is 1. The minimum absolute atomic E-state index is 0.171. The monoisotopic (exact) mass is 420 g/mol. The van der Waals surface area contributed by atoms with E-state index in [2.05, 4.69) is 15.6 Å². The first-order valence-electron chi connectivity index (χ1n) is 9.79. The highest BCUT2D eigenvalue weighted by molar-refractivity contribution is 5.95. The number of nitro groups is 1. The van der Waals surface area contributed by atoms with Crippen LogP contribution in [0.2, 0.25) is 0 Å². The number of hydrogen-bond donors (Lipinski definition) is 2. The van der Waals surface area contributed by atoms with E-state index < -0.39 is 4.92 Å². The van der Waals surface area contributed by atoms with Crippen molar-refractivity contribution < 1.29 is 14.5 Å². The Morgan fingerprint density at radius 3 is 2.55 bits per heavy atom. The lowest BCUT2D eigenvalue weighted by Gasteiger charge is -2.15. The van der Waals surface area contributed by atoms with Gasteiger partial charge in [0, 0.05) is 31.5 Å². The van der Waals surface area contributed by atoms with Crippen molar-refractivity contribution in [3.05, 3.63) is 99.4 Å². The van der Waals surface area contributed by atoms with Crippen LogP contribution >= 0.6 is 0 Å². The zero-order valence-corrected chi connectivity index (χ0v) is 17.4. The SMILES string of the molecule is COCc1ccccc1CNC(=O)c1ccc(NC(C)c2ccccn2)c([N+](=O)[O-])c1. The van der Waals surface area contributed by atoms with Crippen LogP contribution in [0.5, 0.6) is 0 Å². The number of hydrogen-bond acceptors (Lipinski definition) is 6. The summed E-state index contributed by atoms with van der Waals surface area (Å²) >= 11 is 0. The summed E-state index contributed by atoms with van der Waals surface area (Å²) in [5.74, 6) is -0.389. The molecule has 3 aromatic rings. The fourth-order valence-corrected chi connectivity index (χ4v) is 3.19. The predicted molar refractivity (Wildman–Crippen MR) is 118 cm³/mol. The van der Waals surface area contributed by atoms with E-state index in [0.29, 0.717) is 18.8 Å². The summed E-state index contributed by atoms with van der Waals surface area (Å²) in [5.41, 5.74) is 3.02. The lowest BCUT2D eigenvalue weighted by Crippen LogP contribution is -2.23. The van der Waals surface area contributed by atoms with Gasteiger partial charge in [0.2, 0.25) is 0 Å². The highest BCUT2D eigenvalue weighted by atomic mass is 16.6. The summed E-state index contributed by atoms with van der Waals surface area (Å²) in [4.78, 5) is 28.0. The van der Waals surface area contributed by atoms with Crippen molar-refractivity contribution in [2.45, 2.75) is 26.1 Å². The second-order valence-corrected chi connectivity index (χ2v) is 6.99. The maximum Gasteiger partial charge on any atom is 0.293 e. The van der Waals surface area contributed by atoms with Crippen molar-refractivity contribution in [3.63, 3.8) is 0 Å². The standard InChI is InChI=1S/C23H24N4O4/c1-16(20-9-5-6-12-24-20)26-21-11-10-17(13-22(21)27(29)30)23(28)25-14-18-7-3-4-8-19(18)15-31-2/h3-13,16,26H,14-15H2,1-2H3,(H,25,28). The van der Waals surface area contributed by atoms with Crippen LogP contribution in [-0.4, -0.2) is 22.9 Å². The van der Waals surface area contributed by atoms with Gasteiger partial charge in [-0.1, -0.05) is 30.3 Å². The first kappa shape index (κ1) is 21.9. The van der Waals surface area contributed by atoms with Crippen molar-refractivity contribution in [3.8, 4) is 0 Å². The number of nitro benzene ring substituents is 1. The fraction of sp³-hybridized carbons (Fsp3) is 0.217. The first-order valence-corrected chi connectivity index (χ1v) is 9.79. The predicted octanol–water partition coefficient (Wildman–Crippen LogP) is 4.24. The van der Waals surface area contributed by atoms with E-state index in [4.69, 9.17) is 4.74 Å². The summed E-state index contributed by atoms with van der Waals surface area (Å²) in [7, 11) is 1.61. The summed E-state index contributed by atoms with van der Waals surface area (Å²) in [5, 5.41) is 17.5. The number of ether oxygens (including phenoxy) is 1. The number of benzene rings is 2. The molecule has 160 valence electrons. The van der Waals surface area contributed by atoms with E-state index in [0.717, 1.165) is 16.8 Å². The van der Waals surface area contributed by atoms with Crippen molar-refractivity contribution in [1.82, 2.24) is 10.3 Å². The molecule has 3 rings (SSSR count). The Kier molecular flexibility index (Phi) is 7.29. The largest absolute Gasteiger partial charge is 0.380 e. The molecule has 0 fully saturated rings. The molecule has 1 unspecified atom stereocenters. The third-order valence-electron chi connectivity index (χ3n) is 4.82. The zero-order chi connectivity index (χ0) is 22.2. The molecule has 0 aliphatic heterocycles. The highest BCUT2D eigenvalue weighted by Gasteiger charge is 2.20. The Bertz CT molecular complexity index is 1060. The highest BCUT2D eigenvalue weighted by Crippen LogP contribution is 2.29. The van der Waals surface area contributed by atoms with Gasteiger partial charge in [-0.05, 0) is 42.3 Å². The van der Waals surface area contributed by atoms with Crippen LogP contribution < -0.4 is 10.6 Å². The first-order chi connectivity index (χ1) is 15.0. The number of nitrogens with zero attached hydrogens (tertiary/aromatic N) is 2. The zero-order valence-electron chi connectivity index (χ0n) is 17.4. The van der Waals surface area contributed by atoms with E-state index in [9.17, 15) is 14.9 Å². The van der Waals surface area contributed by atoms with Crippen molar-refractivity contribution in [2.24, 2.45) is 0 Å². The van der Waals surface area contributed by atoms with Gasteiger partial charge in [0.15, 0.2) is 0 Å². The van der Waals surface area contributed by atoms with E-state index >= 15 is 0 Å². The van der Waals surface area contributed by atoms with Crippen LogP contribution in [-0.2, 0) is 17.9 Å². The maximum absolute atomic E-state index is 12.6. The Hall–Kier alpha value is -3.78. The number of pyridine rings is 1. The topological polar surface area (TPSA) is 106 Å². The summed E-state index contributed by atoms with van der Waals surface area (Å²) < 4.78 is 5.18. The van der Waals surface area contributed by atoms with Crippen LogP contribution in [0.4, 0.5) is 11.4 Å². The van der Waals surface area contributed by atoms with Gasteiger partial charge < -0.3 is 15.4 Å². The molecule has 0 bridgehead atoms. The van der Waals surface area contributed by atoms with E-state index in [1.54, 1.807) is 31.5 Å². The van der Waals surface area contributed by atoms with Crippen LogP contribution in [0.3, 0.4) is 0 Å². The Balaban J connectivity index is 1.74. The van der Waals surface area contributed by atoms with Crippen molar-refractivity contribution >= 4 is 17.3 Å². The molecule has 0 spiro atoms. The Morgan fingerprint density at radius 2 is 1.87 bits per heavy atom. The molecule has 1 amide bonds. The third kappa shape index (κ3) is 5.64. The molecule has 0 aliphatic carbocycles. The molecule has 2 N–H and O–H groups in total. The molecule has 31 heavy (non-hydrogen) atoms. The molecule has 1 aromatic heterocycles. The quantitative estimate of drug-likeness (QED) is 0.396. The number of carbonyl (C=O) groups is 1. The van der Waals surface area contributed by atoms with Gasteiger partial charge in [-0.25, -0.2) is 0 Å². The lowest BCUT2D eigenvalue weighted by molar-refractivity contribution is -0.384. The number of carbonyl (C=O) groups excluding carboxylic acids is 1. The molecule has 0 aliphatic rings. The third-order valence-corrected chi connectivity index (χ3v) is 4.82. The summed E-state index contributed by atoms with van der Waals surface area (Å²) in [6, 6.07) is 17.3. The molecule has 1 heterocycles. The van der Waals surface area contributed by atoms with Crippen LogP contribution in [0.25, 0.3) is 0 Å². The molecule has 2 aromatic carbocycles. The second-order valence-electron chi connectivity index (χ2n) is 6.99. The molecule has 8 nitrogen and oxygen atoms in total. The number of methoxy groups -OCH3 is 1. The van der Waals surface area contributed by atoms with Gasteiger partial charge in [-0.2, -0.15) is 0 Å². The Labute approximate surface area is 180 Å². The molecule has 1 atom stereocenters. The van der Waals surface area contributed by atoms with Crippen molar-refractivity contribution in [1.29, 1.82) is 0 Å². The Morgan fingerprint density at radius 1 is 1.13 bits per heavy atom. The van der Waals surface area contributed by atoms with Crippen molar-refractivity contribution in [2.75, 3.05) is 12.4 Å². The average molecular weight is 420 g/mol. The molecular weight excluding hydrogens is 396 g/mol. The van der Waals surface area contributed by atoms with E-state index in [1.807, 2.05) is 43.3 Å². The van der Waals surface area contributed by atoms with Crippen LogP contribution in [0.1, 0.15) is 40.1 Å². The smallest absolute Gasteiger partial charge is 0.293 e. The lowest BCUT2D eigenvalue weighted by atomic mass is 10.1. The number of aromatic nitrogens is 1. The molecule has 0 saturated heterocycles. The minimum Gasteiger partial charge on any atom is -0.380 e. The summed E-state index contributed by atoms with van der Waals surface area (Å²) in [6.45, 7) is 2.60. The van der Waals surface area contributed by atoms with Gasteiger partial charge in [0.1, 0.15) is 5.69 Å². The van der Waals surface area contributed by atoms with Gasteiger partial charge in [0.05, 0.1) is 23.3 Å². The fourth-order valence-electron chi connectivity index (χ4n) is 3.19. The van der Waals surface area contributed by atoms with E-state index in [-0.39, 0.29) is 23.2 Å². The van der Waals surface area contributed by atoms with Gasteiger partial charge >= 0.3 is 0 Å². The normalized spacial score (nSPS) is 11.5. The van der Waals surface area contributed by atoms with E-state index in [1.165, 1.54) is 6.07 Å². The van der Waals surface area contributed by atoms with Crippen LogP contribution in [0.15, 0.2) is 66.9 Å². The molecule has 8 heteroatoms. The molecule has 0 saturated carbocycles. The summed E-state index contributed by atoms with van der Waals surface area (Å²) in [6.07, 6.45) is 1.67. The van der Waals surface area contributed by atoms with Crippen LogP contribution in [0, 0.1) is 10.1 Å². The average Bonchev–Trinajstić information content (AvgIpc) is 2.79. The van der Waals surface area contributed by atoms with Gasteiger partial charge in [-0.15, -0.1) is 0 Å². The maximum atomic E-state index is 12.6. The molecule has 0 radical (unpaired) electrons. The molecular formula is C23H24N4O4. The number of nitrogens with one attached hydrogen (secondary N) is 2. The number of anilines is 1. The van der Waals surface area contributed by atoms with Gasteiger partial charge in [0.25, 0.3) is 11.6 Å². The number of rotatable bonds is 9. The minimum atomic E-state index is -0.502.